The molecule has 4 aromatic heterocycles. The van der Waals surface area contributed by atoms with Crippen molar-refractivity contribution in [2.75, 3.05) is 12.8 Å². The molecule has 0 radical (unpaired) electrons. The molecule has 0 saturated carbocycles. The zero-order valence-electron chi connectivity index (χ0n) is 25.4. The van der Waals surface area contributed by atoms with Gasteiger partial charge in [-0.2, -0.15) is 5.10 Å². The van der Waals surface area contributed by atoms with Crippen molar-refractivity contribution < 1.29 is 9.59 Å². The van der Waals surface area contributed by atoms with E-state index in [9.17, 15) is 9.59 Å². The van der Waals surface area contributed by atoms with Crippen LogP contribution in [0.25, 0.3) is 34.1 Å². The highest BCUT2D eigenvalue weighted by molar-refractivity contribution is 5.94. The molecule has 2 aromatic carbocycles. The standard InChI is InChI=1S/C23H19N7.C12H14N2O2/c24-21-18(6-2-11-25-21)22-27-19-9-10-20(29-13-3-12-26-29)28-23(19)30(22)17-8-7-15-4-1-5-16(15)14-17;1-3-11(15)14(2)8-9-6-4-5-7-10(9)12(13)16/h2-3,6-14H,1,4-5H2,(H2,24,25);3-7H,1,8H2,2H3,(H2,13,16). The molecule has 0 spiro atoms. The van der Waals surface area contributed by atoms with Gasteiger partial charge < -0.3 is 16.4 Å². The van der Waals surface area contributed by atoms with E-state index < -0.39 is 5.91 Å². The van der Waals surface area contributed by atoms with Crippen molar-refractivity contribution in [3.8, 4) is 22.9 Å². The van der Waals surface area contributed by atoms with E-state index in [2.05, 4.69) is 39.4 Å². The Balaban J connectivity index is 0.000000198. The predicted octanol–water partition coefficient (Wildman–Crippen LogP) is 4.67. The van der Waals surface area contributed by atoms with Crippen molar-refractivity contribution in [3.05, 3.63) is 126 Å². The van der Waals surface area contributed by atoms with Crippen LogP contribution < -0.4 is 11.5 Å². The SMILES string of the molecule is C=CC(=O)N(C)Cc1ccccc1C(N)=O.Nc1ncccc1-c1nc2ccc(-n3cccn3)nc2n1-c1ccc2c(c1)CCC2. The van der Waals surface area contributed by atoms with E-state index in [1.54, 1.807) is 48.4 Å². The number of hydrogen-bond donors (Lipinski definition) is 2. The van der Waals surface area contributed by atoms with Gasteiger partial charge in [0.25, 0.3) is 0 Å². The second-order valence-corrected chi connectivity index (χ2v) is 10.9. The molecule has 11 nitrogen and oxygen atoms in total. The Labute approximate surface area is 265 Å². The summed E-state index contributed by atoms with van der Waals surface area (Å²) in [6, 6.07) is 23.2. The van der Waals surface area contributed by atoms with E-state index in [0.29, 0.717) is 17.9 Å². The minimum absolute atomic E-state index is 0.195. The van der Waals surface area contributed by atoms with Crippen molar-refractivity contribution in [1.82, 2.24) is 34.2 Å². The lowest BCUT2D eigenvalue weighted by Gasteiger charge is -2.16. The molecule has 0 bridgehead atoms. The monoisotopic (exact) mass is 611 g/mol. The molecule has 46 heavy (non-hydrogen) atoms. The van der Waals surface area contributed by atoms with Crippen LogP contribution in [0.3, 0.4) is 0 Å². The minimum atomic E-state index is -0.491. The van der Waals surface area contributed by atoms with Gasteiger partial charge in [0.15, 0.2) is 17.3 Å². The van der Waals surface area contributed by atoms with Gasteiger partial charge in [0, 0.05) is 43.4 Å². The van der Waals surface area contributed by atoms with Crippen LogP contribution in [0.2, 0.25) is 0 Å². The lowest BCUT2D eigenvalue weighted by atomic mass is 10.1. The van der Waals surface area contributed by atoms with E-state index in [1.165, 1.54) is 28.5 Å². The Morgan fingerprint density at radius 1 is 0.978 bits per heavy atom. The smallest absolute Gasteiger partial charge is 0.249 e. The van der Waals surface area contributed by atoms with Crippen LogP contribution in [0.1, 0.15) is 33.5 Å². The Morgan fingerprint density at radius 3 is 2.57 bits per heavy atom. The summed E-state index contributed by atoms with van der Waals surface area (Å²) in [7, 11) is 1.64. The zero-order valence-corrected chi connectivity index (χ0v) is 25.4. The maximum absolute atomic E-state index is 11.3. The molecule has 0 fully saturated rings. The largest absolute Gasteiger partial charge is 0.383 e. The van der Waals surface area contributed by atoms with Crippen LogP contribution in [-0.2, 0) is 24.2 Å². The normalized spacial score (nSPS) is 11.8. The number of aromatic nitrogens is 6. The topological polar surface area (TPSA) is 151 Å². The van der Waals surface area contributed by atoms with Gasteiger partial charge in [0.1, 0.15) is 11.3 Å². The number of benzene rings is 2. The van der Waals surface area contributed by atoms with Crippen molar-refractivity contribution in [1.29, 1.82) is 0 Å². The van der Waals surface area contributed by atoms with E-state index in [1.807, 2.05) is 36.5 Å². The number of carbonyl (C=O) groups is 2. The first-order valence-corrected chi connectivity index (χ1v) is 14.8. The summed E-state index contributed by atoms with van der Waals surface area (Å²) in [6.07, 6.45) is 9.99. The Hall–Kier alpha value is -6.10. The molecule has 0 unspecified atom stereocenters. The Bertz CT molecular complexity index is 2060. The number of primary amides is 1. The molecule has 2 amide bonds. The number of aryl methyl sites for hydroxylation is 2. The molecule has 4 N–H and O–H groups in total. The van der Waals surface area contributed by atoms with Gasteiger partial charge in [0.2, 0.25) is 11.8 Å². The van der Waals surface area contributed by atoms with Crippen LogP contribution in [0, 0.1) is 0 Å². The molecular weight excluding hydrogens is 578 g/mol. The van der Waals surface area contributed by atoms with Crippen molar-refractivity contribution in [3.63, 3.8) is 0 Å². The van der Waals surface area contributed by atoms with E-state index >= 15 is 0 Å². The Morgan fingerprint density at radius 2 is 1.80 bits per heavy atom. The number of nitrogen functional groups attached to an aromatic ring is 1. The highest BCUT2D eigenvalue weighted by Crippen LogP contribution is 2.32. The number of hydrogen-bond acceptors (Lipinski definition) is 7. The number of rotatable bonds is 7. The number of likely N-dealkylation sites (N-methyl/N-ethyl adjacent to an activating group) is 1. The summed E-state index contributed by atoms with van der Waals surface area (Å²) in [4.78, 5) is 38.0. The first-order valence-electron chi connectivity index (χ1n) is 14.8. The summed E-state index contributed by atoms with van der Waals surface area (Å²) in [6.45, 7) is 3.74. The van der Waals surface area contributed by atoms with Gasteiger partial charge in [0.05, 0.1) is 5.56 Å². The molecule has 0 atom stereocenters. The predicted molar refractivity (Wildman–Crippen MR) is 177 cm³/mol. The molecule has 7 rings (SSSR count). The van der Waals surface area contributed by atoms with E-state index in [-0.39, 0.29) is 5.91 Å². The first kappa shape index (κ1) is 29.9. The second-order valence-electron chi connectivity index (χ2n) is 10.9. The summed E-state index contributed by atoms with van der Waals surface area (Å²) in [5.41, 5.74) is 18.8. The second kappa shape index (κ2) is 12.9. The average molecular weight is 612 g/mol. The fourth-order valence-corrected chi connectivity index (χ4v) is 5.60. The van der Waals surface area contributed by atoms with Gasteiger partial charge in [-0.05, 0) is 90.6 Å². The van der Waals surface area contributed by atoms with Crippen molar-refractivity contribution >= 4 is 28.8 Å². The number of amides is 2. The van der Waals surface area contributed by atoms with Gasteiger partial charge in [-0.3, -0.25) is 14.2 Å². The highest BCUT2D eigenvalue weighted by Gasteiger charge is 2.20. The van der Waals surface area contributed by atoms with Crippen LogP contribution in [0.15, 0.2) is 104 Å². The summed E-state index contributed by atoms with van der Waals surface area (Å²) >= 11 is 0. The van der Waals surface area contributed by atoms with Crippen LogP contribution in [-0.4, -0.2) is 53.1 Å². The van der Waals surface area contributed by atoms with Crippen LogP contribution in [0.4, 0.5) is 5.82 Å². The number of nitrogens with zero attached hydrogens (tertiary/aromatic N) is 7. The molecule has 1 aliphatic rings. The maximum Gasteiger partial charge on any atom is 0.249 e. The number of fused-ring (bicyclic) bond motifs is 2. The number of nitrogens with two attached hydrogens (primary N) is 2. The molecule has 6 aromatic rings. The van der Waals surface area contributed by atoms with Crippen molar-refractivity contribution in [2.24, 2.45) is 5.73 Å². The third kappa shape index (κ3) is 5.98. The number of pyridine rings is 2. The quantitative estimate of drug-likeness (QED) is 0.249. The summed E-state index contributed by atoms with van der Waals surface area (Å²) in [5, 5.41) is 4.32. The van der Waals surface area contributed by atoms with Crippen molar-refractivity contribution in [2.45, 2.75) is 25.8 Å². The van der Waals surface area contributed by atoms with Crippen LogP contribution in [0.5, 0.6) is 0 Å². The maximum atomic E-state index is 11.3. The van der Waals surface area contributed by atoms with E-state index in [0.717, 1.165) is 52.5 Å². The van der Waals surface area contributed by atoms with Gasteiger partial charge >= 0.3 is 0 Å². The molecular formula is C35H33N9O2. The minimum Gasteiger partial charge on any atom is -0.383 e. The third-order valence-electron chi connectivity index (χ3n) is 7.89. The molecule has 1 aliphatic carbocycles. The van der Waals surface area contributed by atoms with Crippen LogP contribution >= 0.6 is 0 Å². The fraction of sp³-hybridized carbons (Fsp3) is 0.143. The van der Waals surface area contributed by atoms with Gasteiger partial charge in [-0.1, -0.05) is 30.8 Å². The molecule has 0 aliphatic heterocycles. The van der Waals surface area contributed by atoms with Gasteiger partial charge in [-0.15, -0.1) is 0 Å². The molecule has 0 saturated heterocycles. The lowest BCUT2D eigenvalue weighted by Crippen LogP contribution is -2.25. The first-order chi connectivity index (χ1) is 22.3. The number of imidazole rings is 1. The van der Waals surface area contributed by atoms with Gasteiger partial charge in [-0.25, -0.2) is 19.6 Å². The highest BCUT2D eigenvalue weighted by atomic mass is 16.2. The molecule has 230 valence electrons. The molecule has 11 heteroatoms. The third-order valence-corrected chi connectivity index (χ3v) is 7.89. The Kier molecular flexibility index (Phi) is 8.38. The lowest BCUT2D eigenvalue weighted by molar-refractivity contribution is -0.125. The summed E-state index contributed by atoms with van der Waals surface area (Å²) < 4.78 is 3.83. The number of anilines is 1. The summed E-state index contributed by atoms with van der Waals surface area (Å²) in [5.74, 6) is 1.23. The zero-order chi connectivity index (χ0) is 32.2. The van der Waals surface area contributed by atoms with E-state index in [4.69, 9.17) is 21.4 Å². The fourth-order valence-electron chi connectivity index (χ4n) is 5.60. The molecule has 4 heterocycles. The average Bonchev–Trinajstić information content (AvgIpc) is 3.84. The number of carbonyl (C=O) groups excluding carboxylic acids is 2.